The Bertz CT molecular complexity index is 3570. The topological polar surface area (TPSA) is 351 Å². The second-order valence-corrected chi connectivity index (χ2v) is 25.8. The fourth-order valence-corrected chi connectivity index (χ4v) is 12.2. The van der Waals surface area contributed by atoms with Gasteiger partial charge < -0.3 is 47.1 Å². The van der Waals surface area contributed by atoms with Crippen molar-refractivity contribution in [2.24, 2.45) is 29.4 Å². The van der Waals surface area contributed by atoms with Crippen LogP contribution in [0.25, 0.3) is 33.9 Å². The lowest BCUT2D eigenvalue weighted by atomic mass is 9.81. The number of benzene rings is 5. The number of amides is 7. The van der Waals surface area contributed by atoms with E-state index in [2.05, 4.69) is 88.7 Å². The Morgan fingerprint density at radius 2 is 1.17 bits per heavy atom. The number of ether oxygens (including phenoxy) is 1. The molecule has 490 valence electrons. The molecule has 2 saturated carbocycles. The van der Waals surface area contributed by atoms with E-state index < -0.39 is 35.8 Å². The maximum atomic E-state index is 14.1. The van der Waals surface area contributed by atoms with Crippen molar-refractivity contribution in [3.8, 4) is 33.9 Å². The van der Waals surface area contributed by atoms with Crippen LogP contribution in [0.3, 0.4) is 0 Å². The lowest BCUT2D eigenvalue weighted by molar-refractivity contribution is -0.130. The zero-order chi connectivity index (χ0) is 65.9. The molecular formula is C67H81BrN16O9. The van der Waals surface area contributed by atoms with Gasteiger partial charge >= 0.3 is 12.2 Å². The molecule has 3 fully saturated rings. The Balaban J connectivity index is 0.000000226. The molecule has 1 aliphatic heterocycles. The highest BCUT2D eigenvalue weighted by Gasteiger charge is 2.37. The minimum absolute atomic E-state index is 0.0846. The van der Waals surface area contributed by atoms with E-state index in [-0.39, 0.29) is 60.1 Å². The number of hydrogen-bond acceptors (Lipinski definition) is 15. The predicted octanol–water partition coefficient (Wildman–Crippen LogP) is 8.49. The molecule has 10 rings (SSSR count). The van der Waals surface area contributed by atoms with Crippen LogP contribution in [0, 0.1) is 23.7 Å². The number of H-pyrrole nitrogens is 2. The predicted molar refractivity (Wildman–Crippen MR) is 353 cm³/mol. The van der Waals surface area contributed by atoms with Crippen molar-refractivity contribution >= 4 is 69.0 Å². The van der Waals surface area contributed by atoms with Crippen molar-refractivity contribution in [3.63, 3.8) is 0 Å². The highest BCUT2D eigenvalue weighted by Crippen LogP contribution is 2.34. The zero-order valence-electron chi connectivity index (χ0n) is 52.5. The van der Waals surface area contributed by atoms with E-state index in [1.165, 1.54) is 12.8 Å². The largest absolute Gasteiger partial charge is 0.465 e. The zero-order valence-corrected chi connectivity index (χ0v) is 54.1. The lowest BCUT2D eigenvalue weighted by Gasteiger charge is -2.36. The number of aromatic amines is 2. The summed E-state index contributed by atoms with van der Waals surface area (Å²) in [6.07, 6.45) is 7.02. The number of carbonyl (C=O) groups excluding carboxylic acids is 6. The Morgan fingerprint density at radius 1 is 0.656 bits per heavy atom. The Hall–Kier alpha value is -9.43. The first-order chi connectivity index (χ1) is 44.8. The molecule has 5 aromatic carbocycles. The number of tetrazole rings is 2. The molecule has 0 unspecified atom stereocenters. The van der Waals surface area contributed by atoms with Gasteiger partial charge in [-0.05, 0) is 215 Å². The number of nitrogens with two attached hydrogens (primary N) is 1. The molecule has 0 spiro atoms. The maximum absolute atomic E-state index is 14.1. The molecule has 10 N–H and O–H groups in total. The van der Waals surface area contributed by atoms with Gasteiger partial charge in [-0.15, -0.1) is 20.4 Å². The number of halogens is 1. The molecule has 93 heavy (non-hydrogen) atoms. The average Bonchev–Trinajstić information content (AvgIpc) is 2.44. The number of aromatic nitrogens is 8. The lowest BCUT2D eigenvalue weighted by Crippen LogP contribution is -2.52. The third-order valence-corrected chi connectivity index (χ3v) is 17.6. The summed E-state index contributed by atoms with van der Waals surface area (Å²) in [5, 5.41) is 51.2. The van der Waals surface area contributed by atoms with Crippen molar-refractivity contribution in [2.45, 2.75) is 116 Å². The first-order valence-electron chi connectivity index (χ1n) is 31.6. The highest BCUT2D eigenvalue weighted by atomic mass is 79.9. The smallest absolute Gasteiger partial charge is 0.407 e. The normalized spacial score (nSPS) is 17.9. The second kappa shape index (κ2) is 32.7. The van der Waals surface area contributed by atoms with E-state index in [0.717, 1.165) is 83.2 Å². The summed E-state index contributed by atoms with van der Waals surface area (Å²) in [7, 11) is 0. The summed E-state index contributed by atoms with van der Waals surface area (Å²) in [6.45, 7) is 10.0. The van der Waals surface area contributed by atoms with Gasteiger partial charge in [-0.1, -0.05) is 64.5 Å². The third kappa shape index (κ3) is 20.3. The number of carbonyl (C=O) groups is 7. The van der Waals surface area contributed by atoms with Crippen LogP contribution in [0.5, 0.6) is 0 Å². The van der Waals surface area contributed by atoms with E-state index in [1.807, 2.05) is 93.6 Å². The molecule has 7 aromatic rings. The van der Waals surface area contributed by atoms with Crippen LogP contribution >= 0.6 is 15.9 Å². The molecule has 3 aliphatic rings. The van der Waals surface area contributed by atoms with Crippen molar-refractivity contribution in [1.29, 1.82) is 0 Å². The number of rotatable bonds is 23. The number of carboxylic acid groups (broad SMARTS) is 1. The summed E-state index contributed by atoms with van der Waals surface area (Å²) < 4.78 is 6.25. The molecule has 26 heteroatoms. The average molecular weight is 1330 g/mol. The van der Waals surface area contributed by atoms with E-state index in [1.54, 1.807) is 53.4 Å². The van der Waals surface area contributed by atoms with Gasteiger partial charge in [0.25, 0.3) is 5.91 Å². The van der Waals surface area contributed by atoms with Gasteiger partial charge in [-0.25, -0.2) is 9.59 Å². The van der Waals surface area contributed by atoms with Gasteiger partial charge in [0.05, 0.1) is 0 Å². The number of alkyl carbamates (subject to hydrolysis) is 1. The molecule has 25 nitrogen and oxygen atoms in total. The van der Waals surface area contributed by atoms with E-state index in [4.69, 9.17) is 15.6 Å². The first-order valence-corrected chi connectivity index (χ1v) is 32.4. The summed E-state index contributed by atoms with van der Waals surface area (Å²) in [5.74, 6) is -0.602. The van der Waals surface area contributed by atoms with Gasteiger partial charge in [-0.2, -0.15) is 10.4 Å². The Labute approximate surface area is 548 Å². The highest BCUT2D eigenvalue weighted by molar-refractivity contribution is 9.10. The van der Waals surface area contributed by atoms with Crippen LogP contribution in [0.1, 0.15) is 106 Å². The number of anilines is 2. The summed E-state index contributed by atoms with van der Waals surface area (Å²) in [5.41, 5.74) is 12.2. The standard InChI is InChI=1S/C38H45N9O5.C29H36BrN7O4/c48-35(39-19-22-47-20-1-2-21-47)30-13-11-28(12-14-30)27-7-3-25(4-8-27)23-33(42-36(49)31-9-5-26(6-10-31)24-40-38(51)52)37(50)41-32-17-15-29(16-18-32)34-43-45-46-44-34;1-29(2,3)41-28(40)32-17-19-4-8-21(9-5-19)27(39)37(23-14-10-20(11-15-23)26-33-35-36-34-26)24(25(31)38)16-18-6-12-22(30)13-7-18/h3-4,7-8,11-18,26,31,33,40H,1-2,5-6,9-10,19-24H2,(H,39,48)(H,41,50)(H,42,49)(H,51,52)(H,43,44,45,46);6-7,10-15,19,21,24H,4-5,8-9,16-17H2,1-3H3,(H2,31,38)(H,32,40)(H,33,34,35,36)/t26?,31?,33-;19?,21?,24-/m00/s1. The van der Waals surface area contributed by atoms with Gasteiger partial charge in [0.1, 0.15) is 17.7 Å². The SMILES string of the molecule is CC(C)(C)OC(=O)NCC1CCC(C(=O)N(c2ccc(-c3nn[nH]n3)cc2)[C@@H](Cc2ccc(Br)cc2)C(N)=O)CC1.O=C(O)NCC1CCC(C(=O)N[C@@H](Cc2ccc(-c3ccc(C(=O)NCCN4CCCC4)cc3)cc2)C(=O)Nc2ccc(-c3nn[nH]n3)cc2)CC1. The van der Waals surface area contributed by atoms with Crippen LogP contribution < -0.4 is 37.2 Å². The summed E-state index contributed by atoms with van der Waals surface area (Å²) in [4.78, 5) is 93.7. The molecule has 7 amide bonds. The molecule has 0 radical (unpaired) electrons. The van der Waals surface area contributed by atoms with Gasteiger partial charge in [0, 0.05) is 83.4 Å². The minimum Gasteiger partial charge on any atom is -0.465 e. The molecule has 2 aromatic heterocycles. The van der Waals surface area contributed by atoms with E-state index >= 15 is 0 Å². The Kier molecular flexibility index (Phi) is 23.9. The number of primary amides is 1. The Morgan fingerprint density at radius 3 is 1.71 bits per heavy atom. The summed E-state index contributed by atoms with van der Waals surface area (Å²) >= 11 is 3.44. The maximum Gasteiger partial charge on any atom is 0.407 e. The van der Waals surface area contributed by atoms with Crippen LogP contribution in [-0.2, 0) is 36.8 Å². The molecule has 2 atom stereocenters. The van der Waals surface area contributed by atoms with Gasteiger partial charge in [0.15, 0.2) is 0 Å². The van der Waals surface area contributed by atoms with E-state index in [0.29, 0.717) is 73.9 Å². The van der Waals surface area contributed by atoms with Crippen LogP contribution in [0.4, 0.5) is 21.0 Å². The third-order valence-electron chi connectivity index (χ3n) is 17.0. The van der Waals surface area contributed by atoms with Crippen molar-refractivity contribution < 1.29 is 43.4 Å². The van der Waals surface area contributed by atoms with Crippen molar-refractivity contribution in [3.05, 3.63) is 142 Å². The monoisotopic (exact) mass is 1330 g/mol. The number of nitrogens with zero attached hydrogens (tertiary/aromatic N) is 8. The fourth-order valence-electron chi connectivity index (χ4n) is 11.9. The molecule has 2 aliphatic carbocycles. The number of likely N-dealkylation sites (tertiary alicyclic amines) is 1. The summed E-state index contributed by atoms with van der Waals surface area (Å²) in [6, 6.07) is 35.4. The molecule has 3 heterocycles. The van der Waals surface area contributed by atoms with Crippen LogP contribution in [0.15, 0.2) is 126 Å². The quantitative estimate of drug-likeness (QED) is 0.0290. The van der Waals surface area contributed by atoms with Gasteiger partial charge in [-0.3, -0.25) is 28.9 Å². The minimum atomic E-state index is -1.05. The van der Waals surface area contributed by atoms with E-state index in [9.17, 15) is 33.6 Å². The second-order valence-electron chi connectivity index (χ2n) is 24.9. The molecular weight excluding hydrogens is 1250 g/mol. The number of hydrogen-bond donors (Lipinski definition) is 9. The number of nitrogens with one attached hydrogen (secondary N) is 7. The molecule has 0 bridgehead atoms. The van der Waals surface area contributed by atoms with Crippen molar-refractivity contribution in [1.82, 2.24) is 67.4 Å². The van der Waals surface area contributed by atoms with Crippen molar-refractivity contribution in [2.75, 3.05) is 49.5 Å². The van der Waals surface area contributed by atoms with Gasteiger partial charge in [0.2, 0.25) is 35.3 Å². The van der Waals surface area contributed by atoms with Crippen LogP contribution in [0.2, 0.25) is 0 Å². The fraction of sp³-hybridized carbons (Fsp3) is 0.418. The molecule has 1 saturated heterocycles. The first kappa shape index (κ1) is 67.9. The van der Waals surface area contributed by atoms with Crippen LogP contribution in [-0.4, -0.2) is 150 Å².